The van der Waals surface area contributed by atoms with Gasteiger partial charge < -0.3 is 38.7 Å². The van der Waals surface area contributed by atoms with Crippen LogP contribution in [-0.2, 0) is 9.47 Å². The number of carbonyl (C=O) groups excluding carboxylic acids is 2. The monoisotopic (exact) mass is 1050 g/mol. The van der Waals surface area contributed by atoms with Gasteiger partial charge in [0.25, 0.3) is 0 Å². The number of likely N-dealkylation sites (N-methyl/N-ethyl adjacent to an activating group) is 2. The highest BCUT2D eigenvalue weighted by Gasteiger charge is 2.26. The van der Waals surface area contributed by atoms with Gasteiger partial charge in [0.15, 0.2) is 26.3 Å². The van der Waals surface area contributed by atoms with Crippen molar-refractivity contribution in [2.24, 2.45) is 11.8 Å². The van der Waals surface area contributed by atoms with Crippen LogP contribution in [0.5, 0.6) is 0 Å². The molecule has 0 radical (unpaired) electrons. The molecule has 4 aromatic rings. The lowest BCUT2D eigenvalue weighted by atomic mass is 9.81. The van der Waals surface area contributed by atoms with E-state index in [9.17, 15) is 9.59 Å². The van der Waals surface area contributed by atoms with Crippen LogP contribution < -0.4 is 40.3 Å². The van der Waals surface area contributed by atoms with E-state index in [2.05, 4.69) is 206 Å². The first-order valence-electron chi connectivity index (χ1n) is 28.6. The summed E-state index contributed by atoms with van der Waals surface area (Å²) >= 11 is 0. The summed E-state index contributed by atoms with van der Waals surface area (Å²) in [6, 6.07) is 43.0. The Labute approximate surface area is 460 Å². The minimum absolute atomic E-state index is 0.243. The van der Waals surface area contributed by atoms with Gasteiger partial charge in [-0.25, -0.2) is 18.7 Å². The highest BCUT2D eigenvalue weighted by molar-refractivity contribution is 6.04. The number of rotatable bonds is 20. The number of carbonyl (C=O) groups is 2. The number of anilines is 2. The number of nitrogens with zero attached hydrogens (tertiary/aromatic N) is 4. The zero-order valence-corrected chi connectivity index (χ0v) is 47.3. The van der Waals surface area contributed by atoms with Crippen molar-refractivity contribution >= 4 is 45.5 Å². The lowest BCUT2D eigenvalue weighted by molar-refractivity contribution is 0.137. The molecule has 1 saturated carbocycles. The fourth-order valence-electron chi connectivity index (χ4n) is 11.8. The Balaban J connectivity index is 0.780. The summed E-state index contributed by atoms with van der Waals surface area (Å²) in [5.74, 6) is 2.22. The van der Waals surface area contributed by atoms with E-state index in [0.29, 0.717) is 38.0 Å². The van der Waals surface area contributed by atoms with Gasteiger partial charge in [0.1, 0.15) is 35.8 Å². The summed E-state index contributed by atoms with van der Waals surface area (Å²) in [5.41, 5.74) is 13.2. The number of fused-ring (bicyclic) bond motifs is 4. The van der Waals surface area contributed by atoms with Gasteiger partial charge >= 0.3 is 12.2 Å². The van der Waals surface area contributed by atoms with E-state index < -0.39 is 12.2 Å². The van der Waals surface area contributed by atoms with Crippen LogP contribution in [0.15, 0.2) is 130 Å². The minimum Gasteiger partial charge on any atom is -0.456 e. The molecule has 0 bridgehead atoms. The van der Waals surface area contributed by atoms with Crippen LogP contribution >= 0.6 is 0 Å². The number of hydrogen-bond acceptors (Lipinski definition) is 8. The van der Waals surface area contributed by atoms with Crippen molar-refractivity contribution < 1.29 is 27.9 Å². The predicted octanol–water partition coefficient (Wildman–Crippen LogP) is 12.6. The Kier molecular flexibility index (Phi) is 18.2. The molecule has 0 saturated heterocycles. The topological polar surface area (TPSA) is 115 Å². The molecular weight excluding hydrogens is 973 g/mol. The number of alkyl carbamates (subject to hydrolysis) is 2. The number of hydrogen-bond donors (Lipinski definition) is 2. The summed E-state index contributed by atoms with van der Waals surface area (Å²) in [4.78, 5) is 30.8. The second kappa shape index (κ2) is 25.7. The molecule has 78 heavy (non-hydrogen) atoms. The van der Waals surface area contributed by atoms with Crippen molar-refractivity contribution in [3.8, 4) is 44.9 Å². The Morgan fingerprint density at radius 2 is 0.962 bits per heavy atom. The number of aryl methyl sites for hydroxylation is 2. The molecule has 4 aromatic carbocycles. The molecule has 1 fully saturated rings. The fraction of sp³-hybridized carbons (Fsp3) is 0.394. The number of amides is 2. The van der Waals surface area contributed by atoms with E-state index >= 15 is 0 Å². The molecule has 12 heteroatoms. The Morgan fingerprint density at radius 1 is 0.538 bits per heavy atom. The Morgan fingerprint density at radius 3 is 1.36 bits per heavy atom. The van der Waals surface area contributed by atoms with Crippen molar-refractivity contribution in [3.63, 3.8) is 0 Å². The van der Waals surface area contributed by atoms with Crippen LogP contribution in [0, 0.1) is 25.7 Å². The number of nitrogens with one attached hydrogen (secondary N) is 2. The van der Waals surface area contributed by atoms with E-state index in [4.69, 9.17) is 18.3 Å². The second-order valence-corrected chi connectivity index (χ2v) is 20.7. The molecule has 0 spiro atoms. The zero-order valence-electron chi connectivity index (χ0n) is 47.3. The molecule has 3 aliphatic carbocycles. The number of ether oxygens (including phenoxy) is 2. The first-order chi connectivity index (χ1) is 38.0. The van der Waals surface area contributed by atoms with E-state index in [0.717, 1.165) is 132 Å². The minimum atomic E-state index is -0.411. The molecule has 2 heterocycles. The molecule has 12 nitrogen and oxygen atoms in total. The smallest absolute Gasteiger partial charge is 0.407 e. The van der Waals surface area contributed by atoms with Crippen molar-refractivity contribution in [2.45, 2.75) is 81.1 Å². The van der Waals surface area contributed by atoms with Crippen LogP contribution in [0.4, 0.5) is 21.0 Å². The molecule has 0 aromatic heterocycles. The van der Waals surface area contributed by atoms with Crippen molar-refractivity contribution in [3.05, 3.63) is 143 Å². The largest absolute Gasteiger partial charge is 0.456 e. The standard InChI is InChI=1S/C66H78N6O6/c1-9-69(10-2)49-26-30-55-59(39-49)77-61-41-51(28-32-57(61)63(55)53-24-17-15-20-45(53)7)71(13-5)34-36-75-65(73)67-43-47-22-19-23-48(38-47)44-68-66(74)76-37-35-72(14-6)52-29-33-58-62(42-52)78-60-40-50(70(11-3)12-4)27-31-56(60)64(58)54-25-18-16-21-46(54)8/h15-18,20-21,24-33,39-42,47-48H,9-14,19,22-23,34-38,43-44H2,1-8H3/p+2. The molecule has 2 N–H and O–H groups in total. The molecule has 2 amide bonds. The summed E-state index contributed by atoms with van der Waals surface area (Å²) in [6.07, 6.45) is 3.16. The van der Waals surface area contributed by atoms with Crippen LogP contribution in [-0.4, -0.2) is 90.8 Å². The second-order valence-electron chi connectivity index (χ2n) is 20.7. The average Bonchev–Trinajstić information content (AvgIpc) is 3.60. The van der Waals surface area contributed by atoms with Gasteiger partial charge in [0, 0.05) is 108 Å². The first-order valence-corrected chi connectivity index (χ1v) is 28.6. The zero-order chi connectivity index (χ0) is 54.7. The van der Waals surface area contributed by atoms with Gasteiger partial charge in [0.2, 0.25) is 10.7 Å². The molecule has 408 valence electrons. The summed E-state index contributed by atoms with van der Waals surface area (Å²) in [6.45, 7) is 25.0. The maximum absolute atomic E-state index is 13.0. The third-order valence-corrected chi connectivity index (χ3v) is 16.1. The van der Waals surface area contributed by atoms with Crippen LogP contribution in [0.1, 0.15) is 78.4 Å². The molecule has 2 unspecified atom stereocenters. The van der Waals surface area contributed by atoms with Gasteiger partial charge in [-0.2, -0.15) is 0 Å². The Bertz CT molecular complexity index is 3230. The highest BCUT2D eigenvalue weighted by Crippen LogP contribution is 2.43. The molecule has 2 atom stereocenters. The molecular formula is C66H80N6O6+2. The highest BCUT2D eigenvalue weighted by atomic mass is 16.6. The Hall–Kier alpha value is -7.60. The normalized spacial score (nSPS) is 15.3. The van der Waals surface area contributed by atoms with Crippen molar-refractivity contribution in [1.82, 2.24) is 19.8 Å². The maximum Gasteiger partial charge on any atom is 0.407 e. The molecule has 9 rings (SSSR count). The quantitative estimate of drug-likeness (QED) is 0.0573. The van der Waals surface area contributed by atoms with Gasteiger partial charge in [-0.15, -0.1) is 0 Å². The van der Waals surface area contributed by atoms with Crippen LogP contribution in [0.25, 0.3) is 66.8 Å². The van der Waals surface area contributed by atoms with Gasteiger partial charge in [0.05, 0.1) is 12.1 Å². The van der Waals surface area contributed by atoms with Gasteiger partial charge in [-0.3, -0.25) is 0 Å². The summed E-state index contributed by atoms with van der Waals surface area (Å²) in [7, 11) is 0. The SMILES string of the molecule is CCN(CC)c1ccc2c(-c3ccccc3C)c3ccc(=[N+](CC)CCOC(=O)NCC4CCCC(CNC(=O)OCC[N+](CC)=c5ccc6c(-c7ccccc7C)c7ccc(N(CC)CC)cc7oc-6c5)C4)cc-3oc2c1. The summed E-state index contributed by atoms with van der Waals surface area (Å²) < 4.78 is 29.4. The lowest BCUT2D eigenvalue weighted by Crippen LogP contribution is -2.38. The average molecular weight is 1050 g/mol. The van der Waals surface area contributed by atoms with Crippen LogP contribution in [0.3, 0.4) is 0 Å². The van der Waals surface area contributed by atoms with Crippen molar-refractivity contribution in [1.29, 1.82) is 0 Å². The van der Waals surface area contributed by atoms with Crippen molar-refractivity contribution in [2.75, 3.05) is 88.5 Å². The van der Waals surface area contributed by atoms with Crippen LogP contribution in [0.2, 0.25) is 0 Å². The first kappa shape index (κ1) is 55.2. The van der Waals surface area contributed by atoms with E-state index in [1.165, 1.54) is 33.4 Å². The number of benzene rings is 6. The maximum atomic E-state index is 13.0. The lowest BCUT2D eigenvalue weighted by Gasteiger charge is -2.29. The third-order valence-electron chi connectivity index (χ3n) is 16.1. The molecule has 2 aliphatic heterocycles. The van der Waals surface area contributed by atoms with E-state index in [1.54, 1.807) is 0 Å². The van der Waals surface area contributed by atoms with Gasteiger partial charge in [-0.05, 0) is 145 Å². The predicted molar refractivity (Wildman–Crippen MR) is 319 cm³/mol. The fourth-order valence-corrected chi connectivity index (χ4v) is 11.8. The molecule has 5 aliphatic rings. The third kappa shape index (κ3) is 12.4. The van der Waals surface area contributed by atoms with Gasteiger partial charge in [-0.1, -0.05) is 55.0 Å². The summed E-state index contributed by atoms with van der Waals surface area (Å²) in [5, 5.41) is 10.2. The van der Waals surface area contributed by atoms with E-state index in [-0.39, 0.29) is 13.2 Å². The van der Waals surface area contributed by atoms with E-state index in [1.807, 2.05) is 0 Å².